The molecule has 1 saturated heterocycles. The number of carbonyl (C=O) groups excluding carboxylic acids is 2. The maximum Gasteiger partial charge on any atom is 0.419 e. The highest BCUT2D eigenvalue weighted by Gasteiger charge is 2.35. The molecule has 2 N–H and O–H groups in total. The molecule has 2 aromatic rings. The lowest BCUT2D eigenvalue weighted by Crippen LogP contribution is -2.46. The van der Waals surface area contributed by atoms with Gasteiger partial charge in [-0.1, -0.05) is 18.9 Å². The zero-order valence-electron chi connectivity index (χ0n) is 25.2. The van der Waals surface area contributed by atoms with Gasteiger partial charge in [0.15, 0.2) is 0 Å². The molecule has 0 spiro atoms. The first-order chi connectivity index (χ1) is 20.5. The molecule has 1 aromatic heterocycles. The van der Waals surface area contributed by atoms with Gasteiger partial charge < -0.3 is 25.2 Å². The van der Waals surface area contributed by atoms with Crippen LogP contribution in [0.2, 0.25) is 0 Å². The number of piperidine rings is 1. The van der Waals surface area contributed by atoms with Crippen LogP contribution in [0.4, 0.5) is 24.8 Å². The van der Waals surface area contributed by atoms with Gasteiger partial charge in [0.2, 0.25) is 11.9 Å². The van der Waals surface area contributed by atoms with Gasteiger partial charge >= 0.3 is 6.18 Å². The first-order valence-corrected chi connectivity index (χ1v) is 14.7. The van der Waals surface area contributed by atoms with Gasteiger partial charge in [-0.05, 0) is 75.9 Å². The number of alkyl halides is 3. The number of rotatable bonds is 9. The zero-order chi connectivity index (χ0) is 31.1. The molecule has 1 aromatic carbocycles. The maximum absolute atomic E-state index is 13.8. The van der Waals surface area contributed by atoms with Crippen molar-refractivity contribution in [2.45, 2.75) is 70.1 Å². The Hall–Kier alpha value is -3.67. The van der Waals surface area contributed by atoms with E-state index in [-0.39, 0.29) is 41.5 Å². The van der Waals surface area contributed by atoms with Crippen molar-refractivity contribution in [3.8, 4) is 5.75 Å². The van der Waals surface area contributed by atoms with Crippen LogP contribution in [0.5, 0.6) is 5.75 Å². The van der Waals surface area contributed by atoms with Crippen LogP contribution in [0.15, 0.2) is 30.5 Å². The summed E-state index contributed by atoms with van der Waals surface area (Å²) in [6.45, 7) is 3.31. The second-order valence-electron chi connectivity index (χ2n) is 11.5. The molecular formula is C31H41F3N6O3. The number of hydrogen-bond donors (Lipinski definition) is 2. The second-order valence-corrected chi connectivity index (χ2v) is 11.5. The summed E-state index contributed by atoms with van der Waals surface area (Å²) in [5, 5.41) is 6.00. The van der Waals surface area contributed by atoms with E-state index in [1.165, 1.54) is 20.1 Å². The van der Waals surface area contributed by atoms with Crippen LogP contribution in [-0.2, 0) is 11.0 Å². The highest BCUT2D eigenvalue weighted by atomic mass is 19.4. The lowest BCUT2D eigenvalue weighted by atomic mass is 9.81. The van der Waals surface area contributed by atoms with E-state index in [1.807, 2.05) is 7.05 Å². The van der Waals surface area contributed by atoms with Crippen LogP contribution in [0.1, 0.15) is 73.5 Å². The standard InChI is InChI=1S/C31H41F3N6O3/c1-20(41)40(3)27-13-6-5-9-21(27)10-7-12-25-24(31(32,33)34)18-35-30(37-25)38-26-15-14-22(17-28(26)43-4)29(42)36-23-11-8-16-39(2)19-23/h7,12,14-15,17-18,21,23,27H,5-6,8-11,13,16,19H2,1-4H3,(H,36,42)(H,35,37,38). The monoisotopic (exact) mass is 602 g/mol. The smallest absolute Gasteiger partial charge is 0.419 e. The number of ether oxygens (including phenoxy) is 1. The SMILES string of the molecule is COc1cc(C(=O)NC2CCCN(C)C2)ccc1Nc1ncc(C(F)(F)F)c(C=CCC2CCCCC2N(C)C(C)=O)n1. The van der Waals surface area contributed by atoms with E-state index in [2.05, 4.69) is 25.5 Å². The molecule has 1 aliphatic heterocycles. The van der Waals surface area contributed by atoms with Gasteiger partial charge in [-0.25, -0.2) is 9.97 Å². The van der Waals surface area contributed by atoms with E-state index in [1.54, 1.807) is 36.2 Å². The van der Waals surface area contributed by atoms with E-state index in [0.717, 1.165) is 57.8 Å². The number of benzene rings is 1. The van der Waals surface area contributed by atoms with Crippen molar-refractivity contribution in [2.24, 2.45) is 5.92 Å². The number of nitrogens with one attached hydrogen (secondary N) is 2. The average Bonchev–Trinajstić information content (AvgIpc) is 2.96. The number of likely N-dealkylation sites (tertiary alicyclic amines) is 1. The van der Waals surface area contributed by atoms with Gasteiger partial charge in [-0.3, -0.25) is 9.59 Å². The van der Waals surface area contributed by atoms with Crippen LogP contribution in [0.3, 0.4) is 0 Å². The molecule has 12 heteroatoms. The topological polar surface area (TPSA) is 99.7 Å². The van der Waals surface area contributed by atoms with Crippen LogP contribution in [0, 0.1) is 5.92 Å². The van der Waals surface area contributed by atoms with Crippen molar-refractivity contribution < 1.29 is 27.5 Å². The summed E-state index contributed by atoms with van der Waals surface area (Å²) in [7, 11) is 5.25. The summed E-state index contributed by atoms with van der Waals surface area (Å²) >= 11 is 0. The third-order valence-electron chi connectivity index (χ3n) is 8.37. The normalized spacial score (nSPS) is 21.4. The molecule has 2 heterocycles. The summed E-state index contributed by atoms with van der Waals surface area (Å²) in [5.41, 5.74) is -0.389. The van der Waals surface area contributed by atoms with E-state index < -0.39 is 11.7 Å². The molecule has 1 aliphatic carbocycles. The average molecular weight is 603 g/mol. The Bertz CT molecular complexity index is 1320. The zero-order valence-corrected chi connectivity index (χ0v) is 25.2. The lowest BCUT2D eigenvalue weighted by Gasteiger charge is -2.37. The minimum absolute atomic E-state index is 0.0205. The van der Waals surface area contributed by atoms with Crippen molar-refractivity contribution in [3.05, 3.63) is 47.3 Å². The quantitative estimate of drug-likeness (QED) is 0.390. The van der Waals surface area contributed by atoms with E-state index in [4.69, 9.17) is 4.74 Å². The number of likely N-dealkylation sites (N-methyl/N-ethyl adjacent to an activating group) is 1. The molecular weight excluding hydrogens is 561 g/mol. The number of anilines is 2. The fourth-order valence-electron chi connectivity index (χ4n) is 5.97. The predicted molar refractivity (Wildman–Crippen MR) is 159 cm³/mol. The number of hydrogen-bond acceptors (Lipinski definition) is 7. The Morgan fingerprint density at radius 1 is 1.19 bits per heavy atom. The first kappa shape index (κ1) is 32.2. The van der Waals surface area contributed by atoms with Crippen molar-refractivity contribution in [2.75, 3.05) is 39.6 Å². The van der Waals surface area contributed by atoms with E-state index in [9.17, 15) is 22.8 Å². The number of halogens is 3. The summed E-state index contributed by atoms with van der Waals surface area (Å²) < 4.78 is 47.0. The fraction of sp³-hybridized carbons (Fsp3) is 0.548. The highest BCUT2D eigenvalue weighted by Crippen LogP contribution is 2.35. The van der Waals surface area contributed by atoms with Crippen LogP contribution >= 0.6 is 0 Å². The van der Waals surface area contributed by atoms with E-state index in [0.29, 0.717) is 23.4 Å². The molecule has 3 unspecified atom stereocenters. The molecule has 2 aliphatic rings. The molecule has 234 valence electrons. The van der Waals surface area contributed by atoms with Gasteiger partial charge in [0, 0.05) is 44.4 Å². The summed E-state index contributed by atoms with van der Waals surface area (Å²) in [4.78, 5) is 36.8. The maximum atomic E-state index is 13.8. The molecule has 0 bridgehead atoms. The Balaban J connectivity index is 1.51. The number of allylic oxidation sites excluding steroid dienone is 1. The largest absolute Gasteiger partial charge is 0.495 e. The van der Waals surface area contributed by atoms with E-state index >= 15 is 0 Å². The minimum Gasteiger partial charge on any atom is -0.495 e. The number of nitrogens with zero attached hydrogens (tertiary/aromatic N) is 4. The third-order valence-corrected chi connectivity index (χ3v) is 8.37. The van der Waals surface area contributed by atoms with Crippen molar-refractivity contribution in [3.63, 3.8) is 0 Å². The predicted octanol–water partition coefficient (Wildman–Crippen LogP) is 5.51. The molecule has 9 nitrogen and oxygen atoms in total. The second kappa shape index (κ2) is 14.2. The molecule has 2 fully saturated rings. The van der Waals surface area contributed by atoms with Gasteiger partial charge in [-0.15, -0.1) is 0 Å². The third kappa shape index (κ3) is 8.46. The number of aromatic nitrogens is 2. The van der Waals surface area contributed by atoms with Crippen molar-refractivity contribution in [1.29, 1.82) is 0 Å². The summed E-state index contributed by atoms with van der Waals surface area (Å²) in [5.74, 6) is 0.199. The number of amides is 2. The molecule has 0 radical (unpaired) electrons. The first-order valence-electron chi connectivity index (χ1n) is 14.7. The molecule has 1 saturated carbocycles. The van der Waals surface area contributed by atoms with Gasteiger partial charge in [0.05, 0.1) is 24.1 Å². The number of carbonyl (C=O) groups is 2. The molecule has 4 rings (SSSR count). The Morgan fingerprint density at radius 3 is 2.65 bits per heavy atom. The molecule has 2 amide bonds. The Labute approximate surface area is 250 Å². The fourth-order valence-corrected chi connectivity index (χ4v) is 5.97. The molecule has 3 atom stereocenters. The lowest BCUT2D eigenvalue weighted by molar-refractivity contribution is -0.138. The highest BCUT2D eigenvalue weighted by molar-refractivity contribution is 5.95. The summed E-state index contributed by atoms with van der Waals surface area (Å²) in [6, 6.07) is 4.93. The van der Waals surface area contributed by atoms with Gasteiger partial charge in [0.1, 0.15) is 5.75 Å². The van der Waals surface area contributed by atoms with Crippen LogP contribution < -0.4 is 15.4 Å². The van der Waals surface area contributed by atoms with Crippen molar-refractivity contribution in [1.82, 2.24) is 25.1 Å². The van der Waals surface area contributed by atoms with Crippen LogP contribution in [-0.4, -0.2) is 78.0 Å². The minimum atomic E-state index is -4.64. The van der Waals surface area contributed by atoms with Crippen LogP contribution in [0.25, 0.3) is 6.08 Å². The van der Waals surface area contributed by atoms with Gasteiger partial charge in [-0.2, -0.15) is 13.2 Å². The van der Waals surface area contributed by atoms with Crippen molar-refractivity contribution >= 4 is 29.5 Å². The molecule has 43 heavy (non-hydrogen) atoms. The summed E-state index contributed by atoms with van der Waals surface area (Å²) in [6.07, 6.45) is 5.48. The Morgan fingerprint density at radius 2 is 1.95 bits per heavy atom. The Kier molecular flexibility index (Phi) is 10.6. The van der Waals surface area contributed by atoms with Gasteiger partial charge in [0.25, 0.3) is 5.91 Å². The number of methoxy groups -OCH3 is 1.